The SMILES string of the molecule is CCC(C)C(N)C(=O)N1CCCN(Cc2cnn(C)c2)CC1.Cl. The molecule has 2 unspecified atom stereocenters. The van der Waals surface area contributed by atoms with Gasteiger partial charge in [-0.3, -0.25) is 14.4 Å². The summed E-state index contributed by atoms with van der Waals surface area (Å²) in [6, 6.07) is -0.366. The number of carbonyl (C=O) groups excluding carboxylic acids is 1. The molecule has 1 aromatic rings. The van der Waals surface area contributed by atoms with Gasteiger partial charge in [0.2, 0.25) is 5.91 Å². The fourth-order valence-corrected chi connectivity index (χ4v) is 2.87. The molecule has 1 saturated heterocycles. The summed E-state index contributed by atoms with van der Waals surface area (Å²) < 4.78 is 1.83. The molecular weight excluding hydrogens is 314 g/mol. The Hall–Kier alpha value is -1.11. The van der Waals surface area contributed by atoms with Gasteiger partial charge < -0.3 is 10.6 Å². The summed E-state index contributed by atoms with van der Waals surface area (Å²) in [5.41, 5.74) is 7.32. The average molecular weight is 344 g/mol. The number of carbonyl (C=O) groups is 1. The van der Waals surface area contributed by atoms with Crippen LogP contribution in [0.2, 0.25) is 0 Å². The van der Waals surface area contributed by atoms with E-state index in [2.05, 4.69) is 23.8 Å². The second-order valence-corrected chi connectivity index (χ2v) is 6.39. The summed E-state index contributed by atoms with van der Waals surface area (Å²) in [5, 5.41) is 4.21. The lowest BCUT2D eigenvalue weighted by atomic mass is 9.99. The Balaban J connectivity index is 0.00000264. The van der Waals surface area contributed by atoms with Crippen molar-refractivity contribution >= 4 is 18.3 Å². The van der Waals surface area contributed by atoms with Gasteiger partial charge in [-0.2, -0.15) is 5.10 Å². The zero-order chi connectivity index (χ0) is 16.1. The molecule has 2 N–H and O–H groups in total. The first-order valence-electron chi connectivity index (χ1n) is 8.25. The summed E-state index contributed by atoms with van der Waals surface area (Å²) in [5.74, 6) is 0.347. The van der Waals surface area contributed by atoms with Crippen LogP contribution in [0, 0.1) is 5.92 Å². The molecule has 0 aromatic carbocycles. The molecule has 23 heavy (non-hydrogen) atoms. The molecule has 1 fully saturated rings. The lowest BCUT2D eigenvalue weighted by molar-refractivity contribution is -0.133. The molecule has 2 heterocycles. The highest BCUT2D eigenvalue weighted by molar-refractivity contribution is 5.85. The Morgan fingerprint density at radius 2 is 2.09 bits per heavy atom. The van der Waals surface area contributed by atoms with E-state index >= 15 is 0 Å². The number of aryl methyl sites for hydroxylation is 1. The minimum atomic E-state index is -0.366. The highest BCUT2D eigenvalue weighted by Gasteiger charge is 2.26. The highest BCUT2D eigenvalue weighted by Crippen LogP contribution is 2.12. The number of aromatic nitrogens is 2. The molecule has 7 heteroatoms. The largest absolute Gasteiger partial charge is 0.340 e. The number of nitrogens with two attached hydrogens (primary N) is 1. The van der Waals surface area contributed by atoms with Gasteiger partial charge in [0.15, 0.2) is 0 Å². The number of halogens is 1. The van der Waals surface area contributed by atoms with E-state index in [9.17, 15) is 4.79 Å². The van der Waals surface area contributed by atoms with Gasteiger partial charge in [0.25, 0.3) is 0 Å². The zero-order valence-electron chi connectivity index (χ0n) is 14.4. The molecule has 0 saturated carbocycles. The Kier molecular flexibility index (Phi) is 8.02. The molecule has 1 aromatic heterocycles. The lowest BCUT2D eigenvalue weighted by Crippen LogP contribution is -2.48. The van der Waals surface area contributed by atoms with E-state index < -0.39 is 0 Å². The molecule has 1 aliphatic rings. The molecule has 1 amide bonds. The first-order valence-corrected chi connectivity index (χ1v) is 8.25. The summed E-state index contributed by atoms with van der Waals surface area (Å²) in [4.78, 5) is 16.8. The van der Waals surface area contributed by atoms with Crippen molar-refractivity contribution in [2.45, 2.75) is 39.3 Å². The van der Waals surface area contributed by atoms with Crippen LogP contribution in [0.15, 0.2) is 12.4 Å². The number of hydrogen-bond donors (Lipinski definition) is 1. The maximum Gasteiger partial charge on any atom is 0.239 e. The monoisotopic (exact) mass is 343 g/mol. The van der Waals surface area contributed by atoms with Crippen LogP contribution < -0.4 is 5.73 Å². The third-order valence-electron chi connectivity index (χ3n) is 4.61. The molecule has 0 bridgehead atoms. The third-order valence-corrected chi connectivity index (χ3v) is 4.61. The molecule has 2 atom stereocenters. The van der Waals surface area contributed by atoms with Crippen LogP contribution >= 0.6 is 12.4 Å². The quantitative estimate of drug-likeness (QED) is 0.873. The predicted molar refractivity (Wildman–Crippen MR) is 94.4 cm³/mol. The Morgan fingerprint density at radius 3 is 2.70 bits per heavy atom. The molecule has 6 nitrogen and oxygen atoms in total. The van der Waals surface area contributed by atoms with Gasteiger partial charge in [-0.15, -0.1) is 12.4 Å². The van der Waals surface area contributed by atoms with Crippen molar-refractivity contribution in [3.63, 3.8) is 0 Å². The van der Waals surface area contributed by atoms with Crippen LogP contribution in [-0.2, 0) is 18.4 Å². The number of rotatable bonds is 5. The average Bonchev–Trinajstić information content (AvgIpc) is 2.78. The molecular formula is C16H30ClN5O. The second kappa shape index (κ2) is 9.25. The van der Waals surface area contributed by atoms with Crippen LogP contribution in [0.4, 0.5) is 0 Å². The van der Waals surface area contributed by atoms with Gasteiger partial charge in [-0.05, 0) is 12.3 Å². The smallest absolute Gasteiger partial charge is 0.239 e. The number of nitrogens with zero attached hydrogens (tertiary/aromatic N) is 4. The summed E-state index contributed by atoms with van der Waals surface area (Å²) >= 11 is 0. The first-order chi connectivity index (χ1) is 10.5. The minimum absolute atomic E-state index is 0. The Morgan fingerprint density at radius 1 is 1.35 bits per heavy atom. The van der Waals surface area contributed by atoms with Gasteiger partial charge in [-0.25, -0.2) is 0 Å². The van der Waals surface area contributed by atoms with E-state index in [4.69, 9.17) is 5.73 Å². The van der Waals surface area contributed by atoms with Crippen molar-refractivity contribution in [1.82, 2.24) is 19.6 Å². The molecule has 0 spiro atoms. The Bertz CT molecular complexity index is 493. The highest BCUT2D eigenvalue weighted by atomic mass is 35.5. The molecule has 132 valence electrons. The molecule has 0 aliphatic carbocycles. The van der Waals surface area contributed by atoms with Crippen LogP contribution in [-0.4, -0.2) is 57.7 Å². The predicted octanol–water partition coefficient (Wildman–Crippen LogP) is 1.25. The van der Waals surface area contributed by atoms with E-state index in [1.807, 2.05) is 29.0 Å². The van der Waals surface area contributed by atoms with Gasteiger partial charge in [-0.1, -0.05) is 20.3 Å². The fourth-order valence-electron chi connectivity index (χ4n) is 2.87. The zero-order valence-corrected chi connectivity index (χ0v) is 15.3. The lowest BCUT2D eigenvalue weighted by Gasteiger charge is -2.27. The van der Waals surface area contributed by atoms with Gasteiger partial charge in [0.05, 0.1) is 12.2 Å². The van der Waals surface area contributed by atoms with E-state index in [0.29, 0.717) is 0 Å². The fraction of sp³-hybridized carbons (Fsp3) is 0.750. The number of hydrogen-bond acceptors (Lipinski definition) is 4. The maximum absolute atomic E-state index is 12.5. The molecule has 2 rings (SSSR count). The topological polar surface area (TPSA) is 67.4 Å². The van der Waals surface area contributed by atoms with E-state index in [1.54, 1.807) is 0 Å². The van der Waals surface area contributed by atoms with Gasteiger partial charge in [0, 0.05) is 51.5 Å². The normalized spacial score (nSPS) is 18.9. The Labute approximate surface area is 145 Å². The van der Waals surface area contributed by atoms with E-state index in [-0.39, 0.29) is 30.3 Å². The second-order valence-electron chi connectivity index (χ2n) is 6.39. The van der Waals surface area contributed by atoms with Crippen molar-refractivity contribution < 1.29 is 4.79 Å². The van der Waals surface area contributed by atoms with Crippen LogP contribution in [0.1, 0.15) is 32.3 Å². The van der Waals surface area contributed by atoms with Gasteiger partial charge >= 0.3 is 0 Å². The van der Waals surface area contributed by atoms with Gasteiger partial charge in [0.1, 0.15) is 0 Å². The maximum atomic E-state index is 12.5. The molecule has 1 aliphatic heterocycles. The van der Waals surface area contributed by atoms with Crippen molar-refractivity contribution in [3.8, 4) is 0 Å². The van der Waals surface area contributed by atoms with Crippen molar-refractivity contribution in [2.75, 3.05) is 26.2 Å². The van der Waals surface area contributed by atoms with Crippen molar-refractivity contribution in [3.05, 3.63) is 18.0 Å². The van der Waals surface area contributed by atoms with Crippen LogP contribution in [0.25, 0.3) is 0 Å². The van der Waals surface area contributed by atoms with Crippen LogP contribution in [0.5, 0.6) is 0 Å². The first kappa shape index (κ1) is 19.9. The van der Waals surface area contributed by atoms with Crippen LogP contribution in [0.3, 0.4) is 0 Å². The van der Waals surface area contributed by atoms with Crippen molar-refractivity contribution in [2.24, 2.45) is 18.7 Å². The summed E-state index contributed by atoms with van der Waals surface area (Å²) in [7, 11) is 1.93. The molecule has 0 radical (unpaired) electrons. The van der Waals surface area contributed by atoms with E-state index in [1.165, 1.54) is 5.56 Å². The standard InChI is InChI=1S/C16H29N5O.ClH/c1-4-13(2)15(17)16(22)21-7-5-6-20(8-9-21)12-14-10-18-19(3)11-14;/h10-11,13,15H,4-9,12,17H2,1-3H3;1H. The summed E-state index contributed by atoms with van der Waals surface area (Å²) in [6.45, 7) is 8.51. The third kappa shape index (κ3) is 5.48. The minimum Gasteiger partial charge on any atom is -0.340 e. The summed E-state index contributed by atoms with van der Waals surface area (Å²) in [6.07, 6.45) is 5.90. The van der Waals surface area contributed by atoms with Crippen molar-refractivity contribution in [1.29, 1.82) is 0 Å². The van der Waals surface area contributed by atoms with E-state index in [0.717, 1.165) is 45.6 Å². The number of amides is 1.